The maximum absolute atomic E-state index is 10.8. The van der Waals surface area contributed by atoms with Crippen LogP contribution in [-0.4, -0.2) is 17.0 Å². The lowest BCUT2D eigenvalue weighted by Crippen LogP contribution is -1.98. The zero-order valence-electron chi connectivity index (χ0n) is 16.6. The van der Waals surface area contributed by atoms with Crippen LogP contribution < -0.4 is 14.8 Å². The molecule has 7 nitrogen and oxygen atoms in total. The molecule has 0 aliphatic carbocycles. The Labute approximate surface area is 183 Å². The van der Waals surface area contributed by atoms with Crippen LogP contribution in [0.25, 0.3) is 11.3 Å². The molecule has 4 aromatic rings. The molecule has 1 heterocycles. The number of ether oxygens (including phenoxy) is 2. The van der Waals surface area contributed by atoms with Gasteiger partial charge in [0.2, 0.25) is 0 Å². The normalized spacial score (nSPS) is 10.5. The van der Waals surface area contributed by atoms with Gasteiger partial charge < -0.3 is 14.8 Å². The fraction of sp³-hybridized carbons (Fsp3) is 0.0870. The molecule has 8 heteroatoms. The number of para-hydroxylation sites is 3. The average Bonchev–Trinajstić information content (AvgIpc) is 3.27. The Morgan fingerprint density at radius 2 is 1.71 bits per heavy atom. The lowest BCUT2D eigenvalue weighted by molar-refractivity contribution is -0.384. The van der Waals surface area contributed by atoms with Gasteiger partial charge in [0.15, 0.2) is 5.13 Å². The van der Waals surface area contributed by atoms with E-state index in [4.69, 9.17) is 14.5 Å². The van der Waals surface area contributed by atoms with Crippen molar-refractivity contribution in [2.45, 2.75) is 6.61 Å². The molecule has 0 radical (unpaired) electrons. The molecule has 4 rings (SSSR count). The Hall–Kier alpha value is -3.91. The fourth-order valence-electron chi connectivity index (χ4n) is 3.00. The summed E-state index contributed by atoms with van der Waals surface area (Å²) in [7, 11) is 1.63. The molecule has 0 aliphatic rings. The minimum atomic E-state index is -0.418. The lowest BCUT2D eigenvalue weighted by atomic mass is 10.1. The van der Waals surface area contributed by atoms with Gasteiger partial charge in [-0.05, 0) is 42.0 Å². The average molecular weight is 433 g/mol. The highest BCUT2D eigenvalue weighted by atomic mass is 32.1. The molecule has 0 bridgehead atoms. The van der Waals surface area contributed by atoms with Gasteiger partial charge >= 0.3 is 0 Å². The van der Waals surface area contributed by atoms with Crippen LogP contribution in [0.15, 0.2) is 78.2 Å². The first kappa shape index (κ1) is 20.4. The van der Waals surface area contributed by atoms with Gasteiger partial charge in [0, 0.05) is 23.1 Å². The molecule has 0 aliphatic heterocycles. The van der Waals surface area contributed by atoms with E-state index in [-0.39, 0.29) is 5.69 Å². The number of anilines is 2. The van der Waals surface area contributed by atoms with Gasteiger partial charge in [0.1, 0.15) is 18.1 Å². The van der Waals surface area contributed by atoms with Crippen molar-refractivity contribution >= 4 is 27.8 Å². The predicted octanol–water partition coefficient (Wildman–Crippen LogP) is 6.05. The topological polar surface area (TPSA) is 86.5 Å². The van der Waals surface area contributed by atoms with E-state index in [1.165, 1.54) is 23.5 Å². The standard InChI is InChI=1S/C23H19N3O4S/c1-29-22-9-5-3-7-19(22)24-23-25-20(15-31-23)18-6-2-4-8-21(18)30-14-16-10-12-17(13-11-16)26(27)28/h2-13,15H,14H2,1H3,(H,24,25). The van der Waals surface area contributed by atoms with Crippen LogP contribution >= 0.6 is 11.3 Å². The molecule has 0 fully saturated rings. The summed E-state index contributed by atoms with van der Waals surface area (Å²) in [6.45, 7) is 0.297. The summed E-state index contributed by atoms with van der Waals surface area (Å²) in [5, 5.41) is 16.8. The van der Waals surface area contributed by atoms with Crippen molar-refractivity contribution in [1.29, 1.82) is 0 Å². The molecular weight excluding hydrogens is 414 g/mol. The second kappa shape index (κ2) is 9.27. The SMILES string of the molecule is COc1ccccc1Nc1nc(-c2ccccc2OCc2ccc([N+](=O)[O-])cc2)cs1. The van der Waals surface area contributed by atoms with Crippen LogP contribution in [-0.2, 0) is 6.61 Å². The second-order valence-electron chi connectivity index (χ2n) is 6.57. The summed E-state index contributed by atoms with van der Waals surface area (Å²) in [5.41, 5.74) is 3.41. The van der Waals surface area contributed by atoms with Crippen LogP contribution in [0, 0.1) is 10.1 Å². The number of aromatic nitrogens is 1. The number of methoxy groups -OCH3 is 1. The van der Waals surface area contributed by atoms with E-state index < -0.39 is 4.92 Å². The number of nitrogens with one attached hydrogen (secondary N) is 1. The summed E-state index contributed by atoms with van der Waals surface area (Å²) in [4.78, 5) is 15.1. The van der Waals surface area contributed by atoms with E-state index in [9.17, 15) is 10.1 Å². The van der Waals surface area contributed by atoms with Gasteiger partial charge in [-0.1, -0.05) is 24.3 Å². The van der Waals surface area contributed by atoms with Gasteiger partial charge in [0.25, 0.3) is 5.69 Å². The number of nitrogens with zero attached hydrogens (tertiary/aromatic N) is 2. The summed E-state index contributed by atoms with van der Waals surface area (Å²) >= 11 is 1.49. The lowest BCUT2D eigenvalue weighted by Gasteiger charge is -2.10. The number of hydrogen-bond donors (Lipinski definition) is 1. The molecule has 0 amide bonds. The first-order chi connectivity index (χ1) is 15.1. The smallest absolute Gasteiger partial charge is 0.269 e. The molecule has 0 saturated heterocycles. The first-order valence-corrected chi connectivity index (χ1v) is 10.3. The molecule has 0 spiro atoms. The third-order valence-electron chi connectivity index (χ3n) is 4.56. The fourth-order valence-corrected chi connectivity index (χ4v) is 3.72. The van der Waals surface area contributed by atoms with Crippen LogP contribution in [0.4, 0.5) is 16.5 Å². The minimum Gasteiger partial charge on any atom is -0.495 e. The number of non-ortho nitro benzene ring substituents is 1. The van der Waals surface area contributed by atoms with Gasteiger partial charge in [-0.2, -0.15) is 0 Å². The predicted molar refractivity (Wildman–Crippen MR) is 121 cm³/mol. The van der Waals surface area contributed by atoms with Crippen molar-refractivity contribution in [2.75, 3.05) is 12.4 Å². The van der Waals surface area contributed by atoms with E-state index in [0.29, 0.717) is 12.4 Å². The summed E-state index contributed by atoms with van der Waals surface area (Å²) in [6.07, 6.45) is 0. The number of rotatable bonds is 8. The molecule has 31 heavy (non-hydrogen) atoms. The zero-order chi connectivity index (χ0) is 21.6. The number of hydrogen-bond acceptors (Lipinski definition) is 7. The Bertz CT molecular complexity index is 1190. The highest BCUT2D eigenvalue weighted by Crippen LogP contribution is 2.35. The van der Waals surface area contributed by atoms with Crippen molar-refractivity contribution in [2.24, 2.45) is 0 Å². The number of nitro groups is 1. The van der Waals surface area contributed by atoms with E-state index in [1.54, 1.807) is 19.2 Å². The highest BCUT2D eigenvalue weighted by Gasteiger charge is 2.12. The maximum Gasteiger partial charge on any atom is 0.269 e. The molecule has 1 N–H and O–H groups in total. The van der Waals surface area contributed by atoms with Crippen LogP contribution in [0.5, 0.6) is 11.5 Å². The van der Waals surface area contributed by atoms with Crippen molar-refractivity contribution < 1.29 is 14.4 Å². The summed E-state index contributed by atoms with van der Waals surface area (Å²) in [6, 6.07) is 21.7. The zero-order valence-corrected chi connectivity index (χ0v) is 17.5. The largest absolute Gasteiger partial charge is 0.495 e. The first-order valence-electron chi connectivity index (χ1n) is 9.45. The number of thiazole rings is 1. The summed E-state index contributed by atoms with van der Waals surface area (Å²) < 4.78 is 11.4. The van der Waals surface area contributed by atoms with Crippen LogP contribution in [0.1, 0.15) is 5.56 Å². The van der Waals surface area contributed by atoms with Crippen LogP contribution in [0.2, 0.25) is 0 Å². The van der Waals surface area contributed by atoms with Gasteiger partial charge in [0.05, 0.1) is 23.4 Å². The molecule has 0 unspecified atom stereocenters. The van der Waals surface area contributed by atoms with Crippen molar-refractivity contribution in [3.05, 3.63) is 93.9 Å². The molecular formula is C23H19N3O4S. The van der Waals surface area contributed by atoms with Gasteiger partial charge in [-0.3, -0.25) is 10.1 Å². The highest BCUT2D eigenvalue weighted by molar-refractivity contribution is 7.14. The van der Waals surface area contributed by atoms with E-state index in [2.05, 4.69) is 5.32 Å². The second-order valence-corrected chi connectivity index (χ2v) is 7.43. The number of benzene rings is 3. The van der Waals surface area contributed by atoms with E-state index >= 15 is 0 Å². The molecule has 1 aromatic heterocycles. The summed E-state index contributed by atoms with van der Waals surface area (Å²) in [5.74, 6) is 1.43. The van der Waals surface area contributed by atoms with E-state index in [0.717, 1.165) is 33.4 Å². The third-order valence-corrected chi connectivity index (χ3v) is 5.31. The number of nitro benzene ring substituents is 1. The Morgan fingerprint density at radius 1 is 1.00 bits per heavy atom. The molecule has 3 aromatic carbocycles. The molecule has 0 atom stereocenters. The van der Waals surface area contributed by atoms with E-state index in [1.807, 2.05) is 53.9 Å². The minimum absolute atomic E-state index is 0.0571. The Kier molecular flexibility index (Phi) is 6.09. The van der Waals surface area contributed by atoms with Crippen molar-refractivity contribution in [3.63, 3.8) is 0 Å². The van der Waals surface area contributed by atoms with Crippen molar-refractivity contribution in [1.82, 2.24) is 4.98 Å². The molecule has 156 valence electrons. The van der Waals surface area contributed by atoms with Crippen molar-refractivity contribution in [3.8, 4) is 22.8 Å². The van der Waals surface area contributed by atoms with Gasteiger partial charge in [-0.15, -0.1) is 11.3 Å². The Balaban J connectivity index is 1.50. The third kappa shape index (κ3) is 4.81. The van der Waals surface area contributed by atoms with Crippen LogP contribution in [0.3, 0.4) is 0 Å². The molecule has 0 saturated carbocycles. The quantitative estimate of drug-likeness (QED) is 0.269. The van der Waals surface area contributed by atoms with Gasteiger partial charge in [-0.25, -0.2) is 4.98 Å². The Morgan fingerprint density at radius 3 is 2.45 bits per heavy atom. The monoisotopic (exact) mass is 433 g/mol. The maximum atomic E-state index is 10.8.